The van der Waals surface area contributed by atoms with Gasteiger partial charge < -0.3 is 9.26 Å². The van der Waals surface area contributed by atoms with Crippen LogP contribution in [-0.2, 0) is 0 Å². The molecule has 1 heterocycles. The lowest BCUT2D eigenvalue weighted by molar-refractivity contribution is 0.414. The average Bonchev–Trinajstić information content (AvgIpc) is 2.74. The molecule has 1 aromatic carbocycles. The lowest BCUT2D eigenvalue weighted by Crippen LogP contribution is -1.88. The van der Waals surface area contributed by atoms with Gasteiger partial charge in [-0.05, 0) is 24.6 Å². The molecule has 0 unspecified atom stereocenters. The van der Waals surface area contributed by atoms with Crippen LogP contribution in [0.15, 0.2) is 28.9 Å². The van der Waals surface area contributed by atoms with E-state index in [1.54, 1.807) is 19.4 Å². The highest BCUT2D eigenvalue weighted by Crippen LogP contribution is 2.33. The van der Waals surface area contributed by atoms with Gasteiger partial charge in [0.2, 0.25) is 0 Å². The minimum atomic E-state index is 0.564. The zero-order valence-corrected chi connectivity index (χ0v) is 9.21. The van der Waals surface area contributed by atoms with E-state index in [1.165, 1.54) is 0 Å². The molecule has 0 fully saturated rings. The van der Waals surface area contributed by atoms with Gasteiger partial charge in [-0.2, -0.15) is 0 Å². The maximum atomic E-state index is 6.03. The summed E-state index contributed by atoms with van der Waals surface area (Å²) in [5.41, 5.74) is 1.96. The number of ether oxygens (including phenoxy) is 1. The van der Waals surface area contributed by atoms with Crippen molar-refractivity contribution >= 4 is 11.6 Å². The van der Waals surface area contributed by atoms with Gasteiger partial charge in [-0.1, -0.05) is 16.8 Å². The fourth-order valence-electron chi connectivity index (χ4n) is 1.43. The Kier molecular flexibility index (Phi) is 2.64. The fourth-order valence-corrected chi connectivity index (χ4v) is 1.67. The third-order valence-corrected chi connectivity index (χ3v) is 2.50. The Morgan fingerprint density at radius 1 is 1.40 bits per heavy atom. The van der Waals surface area contributed by atoms with Crippen LogP contribution in [0.1, 0.15) is 5.56 Å². The monoisotopic (exact) mass is 223 g/mol. The summed E-state index contributed by atoms with van der Waals surface area (Å²) in [6, 6.07) is 5.49. The van der Waals surface area contributed by atoms with Crippen molar-refractivity contribution < 1.29 is 9.26 Å². The first-order chi connectivity index (χ1) is 7.22. The van der Waals surface area contributed by atoms with Crippen molar-refractivity contribution in [3.63, 3.8) is 0 Å². The molecule has 0 saturated heterocycles. The summed E-state index contributed by atoms with van der Waals surface area (Å²) in [5.74, 6) is 1.37. The predicted molar refractivity (Wildman–Crippen MR) is 58.2 cm³/mol. The van der Waals surface area contributed by atoms with Gasteiger partial charge in [0.1, 0.15) is 5.75 Å². The molecule has 2 aromatic rings. The van der Waals surface area contributed by atoms with Crippen molar-refractivity contribution in [3.05, 3.63) is 35.0 Å². The first-order valence-corrected chi connectivity index (χ1v) is 4.85. The largest absolute Gasteiger partial charge is 0.495 e. The second kappa shape index (κ2) is 3.95. The molecule has 0 aliphatic carbocycles. The van der Waals surface area contributed by atoms with E-state index in [0.717, 1.165) is 11.1 Å². The molecule has 0 saturated carbocycles. The highest BCUT2D eigenvalue weighted by atomic mass is 35.5. The Hall–Kier alpha value is -1.48. The van der Waals surface area contributed by atoms with Gasteiger partial charge in [0.25, 0.3) is 0 Å². The lowest BCUT2D eigenvalue weighted by atomic mass is 10.1. The molecule has 3 nitrogen and oxygen atoms in total. The predicted octanol–water partition coefficient (Wildman–Crippen LogP) is 3.31. The number of halogens is 1. The van der Waals surface area contributed by atoms with Crippen molar-refractivity contribution in [2.24, 2.45) is 0 Å². The highest BCUT2D eigenvalue weighted by Gasteiger charge is 2.10. The minimum Gasteiger partial charge on any atom is -0.495 e. The van der Waals surface area contributed by atoms with E-state index in [-0.39, 0.29) is 0 Å². The second-order valence-electron chi connectivity index (χ2n) is 3.18. The van der Waals surface area contributed by atoms with E-state index in [2.05, 4.69) is 5.16 Å². The van der Waals surface area contributed by atoms with E-state index in [4.69, 9.17) is 20.9 Å². The molecule has 0 aliphatic rings. The lowest BCUT2D eigenvalue weighted by Gasteiger charge is -2.07. The zero-order valence-electron chi connectivity index (χ0n) is 8.45. The minimum absolute atomic E-state index is 0.564. The number of hydrogen-bond acceptors (Lipinski definition) is 3. The van der Waals surface area contributed by atoms with Crippen molar-refractivity contribution in [3.8, 4) is 17.1 Å². The molecule has 78 valence electrons. The average molecular weight is 224 g/mol. The standard InChI is InChI=1S/C11H10ClNO2/c1-7-5-11(14-2)9(12)6-8(7)10-3-4-13-15-10/h3-6H,1-2H3. The van der Waals surface area contributed by atoms with Crippen molar-refractivity contribution in [2.45, 2.75) is 6.92 Å². The van der Waals surface area contributed by atoms with E-state index in [9.17, 15) is 0 Å². The van der Waals surface area contributed by atoms with Crippen molar-refractivity contribution in [1.29, 1.82) is 0 Å². The Labute approximate surface area is 92.6 Å². The third-order valence-electron chi connectivity index (χ3n) is 2.20. The molecule has 4 heteroatoms. The number of hydrogen-bond donors (Lipinski definition) is 0. The van der Waals surface area contributed by atoms with Crippen LogP contribution < -0.4 is 4.74 Å². The molecule has 0 amide bonds. The topological polar surface area (TPSA) is 35.3 Å². The van der Waals surface area contributed by atoms with E-state index in [1.807, 2.05) is 19.1 Å². The van der Waals surface area contributed by atoms with Gasteiger partial charge >= 0.3 is 0 Å². The molecule has 0 atom stereocenters. The summed E-state index contributed by atoms with van der Waals surface area (Å²) < 4.78 is 10.2. The molecule has 0 aliphatic heterocycles. The molecule has 2 rings (SSSR count). The third kappa shape index (κ3) is 1.83. The quantitative estimate of drug-likeness (QED) is 0.784. The van der Waals surface area contributed by atoms with E-state index < -0.39 is 0 Å². The van der Waals surface area contributed by atoms with Crippen LogP contribution in [0.3, 0.4) is 0 Å². The molecule has 0 N–H and O–H groups in total. The summed E-state index contributed by atoms with van der Waals surface area (Å²) in [6.07, 6.45) is 1.60. The number of aromatic nitrogens is 1. The molecule has 0 bridgehead atoms. The number of methoxy groups -OCH3 is 1. The Morgan fingerprint density at radius 2 is 2.20 bits per heavy atom. The van der Waals surface area contributed by atoms with Crippen LogP contribution >= 0.6 is 11.6 Å². The summed E-state index contributed by atoms with van der Waals surface area (Å²) in [7, 11) is 1.59. The Balaban J connectivity index is 2.55. The smallest absolute Gasteiger partial charge is 0.167 e. The number of benzene rings is 1. The fraction of sp³-hybridized carbons (Fsp3) is 0.182. The van der Waals surface area contributed by atoms with Crippen molar-refractivity contribution in [1.82, 2.24) is 5.16 Å². The maximum absolute atomic E-state index is 6.03. The first kappa shape index (κ1) is 10.1. The van der Waals surface area contributed by atoms with E-state index in [0.29, 0.717) is 16.5 Å². The molecule has 15 heavy (non-hydrogen) atoms. The molecular formula is C11H10ClNO2. The highest BCUT2D eigenvalue weighted by molar-refractivity contribution is 6.32. The van der Waals surface area contributed by atoms with Crippen LogP contribution in [0, 0.1) is 6.92 Å². The number of nitrogens with zero attached hydrogens (tertiary/aromatic N) is 1. The SMILES string of the molecule is COc1cc(C)c(-c2ccno2)cc1Cl. The summed E-state index contributed by atoms with van der Waals surface area (Å²) in [6.45, 7) is 1.97. The van der Waals surface area contributed by atoms with Crippen molar-refractivity contribution in [2.75, 3.05) is 7.11 Å². The van der Waals surface area contributed by atoms with Gasteiger partial charge in [-0.3, -0.25) is 0 Å². The first-order valence-electron chi connectivity index (χ1n) is 4.47. The van der Waals surface area contributed by atoms with Gasteiger partial charge in [-0.25, -0.2) is 0 Å². The Bertz CT molecular complexity index is 466. The van der Waals surface area contributed by atoms with Gasteiger partial charge in [0.15, 0.2) is 5.76 Å². The normalized spacial score (nSPS) is 10.3. The molecule has 0 spiro atoms. The van der Waals surface area contributed by atoms with Crippen LogP contribution in [0.2, 0.25) is 5.02 Å². The summed E-state index contributed by atoms with van der Waals surface area (Å²) >= 11 is 6.03. The van der Waals surface area contributed by atoms with Crippen LogP contribution in [-0.4, -0.2) is 12.3 Å². The number of rotatable bonds is 2. The van der Waals surface area contributed by atoms with Crippen LogP contribution in [0.4, 0.5) is 0 Å². The van der Waals surface area contributed by atoms with Gasteiger partial charge in [0, 0.05) is 11.6 Å². The van der Waals surface area contributed by atoms with Gasteiger partial charge in [-0.15, -0.1) is 0 Å². The second-order valence-corrected chi connectivity index (χ2v) is 3.59. The summed E-state index contributed by atoms with van der Waals surface area (Å²) in [5, 5.41) is 4.23. The molecular weight excluding hydrogens is 214 g/mol. The molecule has 1 aromatic heterocycles. The number of aryl methyl sites for hydroxylation is 1. The Morgan fingerprint density at radius 3 is 2.80 bits per heavy atom. The summed E-state index contributed by atoms with van der Waals surface area (Å²) in [4.78, 5) is 0. The van der Waals surface area contributed by atoms with E-state index >= 15 is 0 Å². The molecule has 0 radical (unpaired) electrons. The van der Waals surface area contributed by atoms with Gasteiger partial charge in [0.05, 0.1) is 18.3 Å². The van der Waals surface area contributed by atoms with Crippen LogP contribution in [0.25, 0.3) is 11.3 Å². The van der Waals surface area contributed by atoms with Crippen LogP contribution in [0.5, 0.6) is 5.75 Å². The zero-order chi connectivity index (χ0) is 10.8. The maximum Gasteiger partial charge on any atom is 0.167 e.